The summed E-state index contributed by atoms with van der Waals surface area (Å²) < 4.78 is 0. The summed E-state index contributed by atoms with van der Waals surface area (Å²) in [5.74, 6) is 0. The average Bonchev–Trinajstić information content (AvgIpc) is 2.18. The van der Waals surface area contributed by atoms with Gasteiger partial charge < -0.3 is 5.73 Å². The van der Waals surface area contributed by atoms with Crippen molar-refractivity contribution in [3.63, 3.8) is 0 Å². The molecule has 14 heavy (non-hydrogen) atoms. The van der Waals surface area contributed by atoms with Crippen molar-refractivity contribution in [1.82, 2.24) is 9.97 Å². The van der Waals surface area contributed by atoms with Crippen LogP contribution in [0.1, 0.15) is 5.56 Å². The van der Waals surface area contributed by atoms with Crippen LogP contribution in [0.2, 0.25) is 0 Å². The number of nitrogens with two attached hydrogens (primary N) is 1. The van der Waals surface area contributed by atoms with Crippen LogP contribution in [0.3, 0.4) is 0 Å². The zero-order chi connectivity index (χ0) is 9.97. The van der Waals surface area contributed by atoms with E-state index < -0.39 is 0 Å². The molecule has 0 saturated heterocycles. The molecule has 0 aliphatic heterocycles. The molecule has 3 nitrogen and oxygen atoms in total. The van der Waals surface area contributed by atoms with Gasteiger partial charge in [-0.1, -0.05) is 0 Å². The molecular formula is C11H11N3. The summed E-state index contributed by atoms with van der Waals surface area (Å²) in [6.07, 6.45) is 7.05. The first kappa shape index (κ1) is 8.69. The molecule has 2 rings (SSSR count). The Morgan fingerprint density at radius 3 is 2.71 bits per heavy atom. The molecule has 0 amide bonds. The number of aryl methyl sites for hydroxylation is 1. The number of rotatable bonds is 1. The van der Waals surface area contributed by atoms with Gasteiger partial charge in [-0.3, -0.25) is 9.97 Å². The standard InChI is InChI=1S/C11H11N3/c1-8-4-9(6-14-5-8)10-7-13-3-2-11(10)12/h2-7H,1H3,(H2,12,13). The van der Waals surface area contributed by atoms with Gasteiger partial charge in [-0.2, -0.15) is 0 Å². The predicted octanol–water partition coefficient (Wildman–Crippen LogP) is 2.03. The van der Waals surface area contributed by atoms with Gasteiger partial charge in [-0.05, 0) is 24.6 Å². The van der Waals surface area contributed by atoms with Crippen molar-refractivity contribution >= 4 is 5.69 Å². The predicted molar refractivity (Wildman–Crippen MR) is 56.6 cm³/mol. The lowest BCUT2D eigenvalue weighted by atomic mass is 10.1. The molecule has 0 aliphatic carbocycles. The first-order valence-electron chi connectivity index (χ1n) is 4.39. The summed E-state index contributed by atoms with van der Waals surface area (Å²) in [4.78, 5) is 8.16. The topological polar surface area (TPSA) is 51.8 Å². The van der Waals surface area contributed by atoms with Gasteiger partial charge in [0.25, 0.3) is 0 Å². The molecule has 2 N–H and O–H groups in total. The highest BCUT2D eigenvalue weighted by molar-refractivity contribution is 5.74. The third-order valence-electron chi connectivity index (χ3n) is 2.04. The van der Waals surface area contributed by atoms with Gasteiger partial charge in [-0.15, -0.1) is 0 Å². The van der Waals surface area contributed by atoms with Gasteiger partial charge >= 0.3 is 0 Å². The number of pyridine rings is 2. The molecular weight excluding hydrogens is 174 g/mol. The smallest absolute Gasteiger partial charge is 0.0425 e. The third kappa shape index (κ3) is 1.57. The molecule has 3 heteroatoms. The highest BCUT2D eigenvalue weighted by atomic mass is 14.7. The second-order valence-electron chi connectivity index (χ2n) is 3.21. The molecule has 0 saturated carbocycles. The molecule has 70 valence electrons. The van der Waals surface area contributed by atoms with E-state index in [-0.39, 0.29) is 0 Å². The minimum Gasteiger partial charge on any atom is -0.398 e. The van der Waals surface area contributed by atoms with E-state index in [1.807, 2.05) is 19.2 Å². The number of hydrogen-bond donors (Lipinski definition) is 1. The lowest BCUT2D eigenvalue weighted by Crippen LogP contribution is -1.91. The van der Waals surface area contributed by atoms with Gasteiger partial charge in [0.15, 0.2) is 0 Å². The minimum atomic E-state index is 0.729. The van der Waals surface area contributed by atoms with Gasteiger partial charge in [-0.25, -0.2) is 0 Å². The molecule has 0 aromatic carbocycles. The molecule has 2 heterocycles. The van der Waals surface area contributed by atoms with E-state index in [2.05, 4.69) is 9.97 Å². The highest BCUT2D eigenvalue weighted by Crippen LogP contribution is 2.23. The van der Waals surface area contributed by atoms with Crippen LogP contribution in [0.25, 0.3) is 11.1 Å². The fourth-order valence-electron chi connectivity index (χ4n) is 1.35. The van der Waals surface area contributed by atoms with Crippen LogP contribution >= 0.6 is 0 Å². The van der Waals surface area contributed by atoms with Crippen LogP contribution in [0, 0.1) is 6.92 Å². The Morgan fingerprint density at radius 1 is 1.14 bits per heavy atom. The summed E-state index contributed by atoms with van der Waals surface area (Å²) in [7, 11) is 0. The lowest BCUT2D eigenvalue weighted by molar-refractivity contribution is 1.26. The molecule has 2 aromatic rings. The fourth-order valence-corrected chi connectivity index (χ4v) is 1.35. The summed E-state index contributed by atoms with van der Waals surface area (Å²) in [5.41, 5.74) is 9.62. The Kier molecular flexibility index (Phi) is 2.14. The van der Waals surface area contributed by atoms with Crippen LogP contribution in [0.4, 0.5) is 5.69 Å². The van der Waals surface area contributed by atoms with Crippen molar-refractivity contribution in [2.24, 2.45) is 0 Å². The molecule has 2 aromatic heterocycles. The molecule has 0 unspecified atom stereocenters. The van der Waals surface area contributed by atoms with Gasteiger partial charge in [0.1, 0.15) is 0 Å². The number of nitrogen functional groups attached to an aromatic ring is 1. The van der Waals surface area contributed by atoms with E-state index in [0.29, 0.717) is 0 Å². The van der Waals surface area contributed by atoms with E-state index in [1.165, 1.54) is 0 Å². The van der Waals surface area contributed by atoms with Crippen molar-refractivity contribution < 1.29 is 0 Å². The lowest BCUT2D eigenvalue weighted by Gasteiger charge is -2.04. The Morgan fingerprint density at radius 2 is 2.00 bits per heavy atom. The van der Waals surface area contributed by atoms with Crippen LogP contribution in [-0.4, -0.2) is 9.97 Å². The minimum absolute atomic E-state index is 0.729. The third-order valence-corrected chi connectivity index (χ3v) is 2.04. The number of anilines is 1. The Balaban J connectivity index is 2.55. The van der Waals surface area contributed by atoms with E-state index in [0.717, 1.165) is 22.4 Å². The van der Waals surface area contributed by atoms with Crippen molar-refractivity contribution in [1.29, 1.82) is 0 Å². The van der Waals surface area contributed by atoms with E-state index >= 15 is 0 Å². The SMILES string of the molecule is Cc1cncc(-c2cnccc2N)c1. The largest absolute Gasteiger partial charge is 0.398 e. The zero-order valence-corrected chi connectivity index (χ0v) is 7.94. The second-order valence-corrected chi connectivity index (χ2v) is 3.21. The molecule has 0 atom stereocenters. The normalized spacial score (nSPS) is 10.1. The summed E-state index contributed by atoms with van der Waals surface area (Å²) >= 11 is 0. The molecule has 0 fully saturated rings. The van der Waals surface area contributed by atoms with Crippen LogP contribution in [-0.2, 0) is 0 Å². The maximum absolute atomic E-state index is 5.83. The van der Waals surface area contributed by atoms with Crippen LogP contribution in [0.15, 0.2) is 36.9 Å². The maximum atomic E-state index is 5.83. The summed E-state index contributed by atoms with van der Waals surface area (Å²) in [6, 6.07) is 3.83. The van der Waals surface area contributed by atoms with Crippen molar-refractivity contribution in [3.8, 4) is 11.1 Å². The highest BCUT2D eigenvalue weighted by Gasteiger charge is 2.01. The van der Waals surface area contributed by atoms with E-state index in [4.69, 9.17) is 5.73 Å². The Bertz CT molecular complexity index is 452. The van der Waals surface area contributed by atoms with Gasteiger partial charge in [0, 0.05) is 41.6 Å². The number of nitrogens with zero attached hydrogens (tertiary/aromatic N) is 2. The second kappa shape index (κ2) is 3.46. The summed E-state index contributed by atoms with van der Waals surface area (Å²) in [6.45, 7) is 2.00. The maximum Gasteiger partial charge on any atom is 0.0425 e. The van der Waals surface area contributed by atoms with Crippen LogP contribution in [0.5, 0.6) is 0 Å². The molecule has 0 aliphatic rings. The number of hydrogen-bond acceptors (Lipinski definition) is 3. The first-order chi connectivity index (χ1) is 6.77. The molecule has 0 bridgehead atoms. The van der Waals surface area contributed by atoms with Crippen molar-refractivity contribution in [2.75, 3.05) is 5.73 Å². The quantitative estimate of drug-likeness (QED) is 0.739. The van der Waals surface area contributed by atoms with Gasteiger partial charge in [0.2, 0.25) is 0 Å². The van der Waals surface area contributed by atoms with Crippen molar-refractivity contribution in [3.05, 3.63) is 42.5 Å². The molecule has 0 spiro atoms. The summed E-state index contributed by atoms with van der Waals surface area (Å²) in [5, 5.41) is 0. The van der Waals surface area contributed by atoms with Crippen LogP contribution < -0.4 is 5.73 Å². The fraction of sp³-hybridized carbons (Fsp3) is 0.0909. The van der Waals surface area contributed by atoms with E-state index in [1.54, 1.807) is 24.7 Å². The number of aromatic nitrogens is 2. The zero-order valence-electron chi connectivity index (χ0n) is 7.94. The van der Waals surface area contributed by atoms with Gasteiger partial charge in [0.05, 0.1) is 0 Å². The monoisotopic (exact) mass is 185 g/mol. The first-order valence-corrected chi connectivity index (χ1v) is 4.39. The average molecular weight is 185 g/mol. The van der Waals surface area contributed by atoms with Crippen molar-refractivity contribution in [2.45, 2.75) is 6.92 Å². The van der Waals surface area contributed by atoms with E-state index in [9.17, 15) is 0 Å². The molecule has 0 radical (unpaired) electrons. The Labute approximate surface area is 82.6 Å². The Hall–Kier alpha value is -1.90.